The second-order valence-electron chi connectivity index (χ2n) is 19.3. The molecule has 2 heterocycles. The molecule has 310 valence electrons. The van der Waals surface area contributed by atoms with Gasteiger partial charge in [-0.05, 0) is 78.7 Å². The van der Waals surface area contributed by atoms with E-state index in [1.807, 2.05) is 19.9 Å². The number of anilines is 1. The van der Waals surface area contributed by atoms with Crippen LogP contribution in [0.25, 0.3) is 6.08 Å². The van der Waals surface area contributed by atoms with Crippen molar-refractivity contribution in [2.45, 2.75) is 180 Å². The van der Waals surface area contributed by atoms with Gasteiger partial charge in [0.15, 0.2) is 0 Å². The van der Waals surface area contributed by atoms with Crippen molar-refractivity contribution < 1.29 is 19.1 Å². The number of unbranched alkanes of at least 4 members (excludes halogenated alkanes) is 2. The first-order chi connectivity index (χ1) is 25.7. The highest BCUT2D eigenvalue weighted by molar-refractivity contribution is 6.18. The Balaban J connectivity index is 2.21. The van der Waals surface area contributed by atoms with Gasteiger partial charge in [0, 0.05) is 29.4 Å². The summed E-state index contributed by atoms with van der Waals surface area (Å²) in [6.07, 6.45) is 10.6. The molecule has 1 aliphatic carbocycles. The Kier molecular flexibility index (Phi) is 16.6. The maximum atomic E-state index is 14.9. The predicted molar refractivity (Wildman–Crippen MR) is 229 cm³/mol. The Morgan fingerprint density at radius 1 is 0.800 bits per heavy atom. The van der Waals surface area contributed by atoms with Gasteiger partial charge in [-0.3, -0.25) is 14.9 Å². The number of H-pyrrole nitrogens is 1. The molecule has 1 fully saturated rings. The zero-order valence-electron chi connectivity index (χ0n) is 37.3. The number of ether oxygens (including phenoxy) is 1. The molecule has 0 aromatic carbocycles. The summed E-state index contributed by atoms with van der Waals surface area (Å²) in [5.74, 6) is 0.576. The van der Waals surface area contributed by atoms with Gasteiger partial charge in [0.25, 0.3) is 0 Å². The molecule has 0 saturated heterocycles. The second-order valence-corrected chi connectivity index (χ2v) is 19.3. The molecule has 4 atom stereocenters. The molecule has 2 aliphatic rings. The largest absolute Gasteiger partial charge is 0.458 e. The number of rotatable bonds is 16. The molecule has 3 N–H and O–H groups in total. The summed E-state index contributed by atoms with van der Waals surface area (Å²) < 4.78 is 6.80. The van der Waals surface area contributed by atoms with Gasteiger partial charge in [-0.2, -0.15) is 0 Å². The first-order valence-electron chi connectivity index (χ1n) is 21.7. The van der Waals surface area contributed by atoms with E-state index in [2.05, 4.69) is 106 Å². The van der Waals surface area contributed by atoms with Gasteiger partial charge < -0.3 is 15.0 Å². The van der Waals surface area contributed by atoms with Crippen LogP contribution in [0.4, 0.5) is 5.82 Å². The summed E-state index contributed by atoms with van der Waals surface area (Å²) >= 11 is 0. The van der Waals surface area contributed by atoms with E-state index in [1.165, 1.54) is 0 Å². The Hall–Kier alpha value is -3.23. The summed E-state index contributed by atoms with van der Waals surface area (Å²) in [4.78, 5) is 55.2. The lowest BCUT2D eigenvalue weighted by atomic mass is 9.59. The van der Waals surface area contributed by atoms with Crippen LogP contribution in [0, 0.1) is 46.3 Å². The summed E-state index contributed by atoms with van der Waals surface area (Å²) in [6, 6.07) is 0. The molecule has 2 amide bonds. The summed E-state index contributed by atoms with van der Waals surface area (Å²) in [5, 5.41) is 6.17. The van der Waals surface area contributed by atoms with Crippen LogP contribution in [0.2, 0.25) is 0 Å². The smallest absolute Gasteiger partial charge is 0.342 e. The minimum absolute atomic E-state index is 0.0220. The Morgan fingerprint density at radius 3 is 1.75 bits per heavy atom. The number of nitrogens with zero attached hydrogens (tertiary/aromatic N) is 2. The molecule has 1 aromatic heterocycles. The predicted octanol–water partition coefficient (Wildman–Crippen LogP) is 11.7. The molecular formula is C46H77N5O4. The van der Waals surface area contributed by atoms with Crippen LogP contribution in [-0.4, -0.2) is 40.5 Å². The minimum atomic E-state index is -0.414. The average Bonchev–Trinajstić information content (AvgIpc) is 3.65. The van der Waals surface area contributed by atoms with E-state index in [4.69, 9.17) is 14.7 Å². The molecule has 9 heteroatoms. The molecule has 1 aromatic rings. The number of nitrogens with one attached hydrogen (secondary N) is 3. The minimum Gasteiger partial charge on any atom is -0.458 e. The third-order valence-corrected chi connectivity index (χ3v) is 12.0. The number of guanidine groups is 1. The van der Waals surface area contributed by atoms with Crippen LogP contribution in [0.1, 0.15) is 196 Å². The number of esters is 1. The first-order valence-corrected chi connectivity index (χ1v) is 21.7. The van der Waals surface area contributed by atoms with E-state index < -0.39 is 5.97 Å². The lowest BCUT2D eigenvalue weighted by Crippen LogP contribution is -2.49. The fraction of sp³-hybridized carbons (Fsp3) is 0.761. The quantitative estimate of drug-likeness (QED) is 0.145. The SMILES string of the molecule is CCCCC(CC)C(=O)NC1=NC(=Cc2[nH]c(NC(=O)C(CC)CCCC)c(C(=O)OC3C(C(C)(C)C)CC(C)CC3C(C)(C)C)c2C(C)C)C(C(C)C)=N1. The van der Waals surface area contributed by atoms with Gasteiger partial charge in [0.2, 0.25) is 17.8 Å². The van der Waals surface area contributed by atoms with Crippen LogP contribution in [-0.2, 0) is 14.3 Å². The van der Waals surface area contributed by atoms with Crippen LogP contribution >= 0.6 is 0 Å². The van der Waals surface area contributed by atoms with Gasteiger partial charge in [-0.25, -0.2) is 14.8 Å². The summed E-state index contributed by atoms with van der Waals surface area (Å²) in [7, 11) is 0. The number of carbonyl (C=O) groups excluding carboxylic acids is 3. The van der Waals surface area contributed by atoms with Crippen LogP contribution in [0.15, 0.2) is 15.7 Å². The van der Waals surface area contributed by atoms with Crippen molar-refractivity contribution in [3.05, 3.63) is 22.5 Å². The van der Waals surface area contributed by atoms with Gasteiger partial charge in [0.1, 0.15) is 17.5 Å². The Morgan fingerprint density at radius 2 is 1.31 bits per heavy atom. The summed E-state index contributed by atoms with van der Waals surface area (Å²) in [6.45, 7) is 32.4. The molecule has 1 aliphatic heterocycles. The lowest BCUT2D eigenvalue weighted by Gasteiger charge is -2.50. The Labute approximate surface area is 334 Å². The number of hydrogen-bond acceptors (Lipinski definition) is 6. The molecule has 0 spiro atoms. The van der Waals surface area contributed by atoms with E-state index in [-0.39, 0.29) is 70.2 Å². The number of aromatic nitrogens is 1. The molecule has 4 unspecified atom stereocenters. The monoisotopic (exact) mass is 764 g/mol. The number of aromatic amines is 1. The van der Waals surface area contributed by atoms with Crippen molar-refractivity contribution in [1.29, 1.82) is 0 Å². The van der Waals surface area contributed by atoms with Crippen molar-refractivity contribution in [3.63, 3.8) is 0 Å². The Bertz CT molecular complexity index is 1540. The van der Waals surface area contributed by atoms with Crippen molar-refractivity contribution in [1.82, 2.24) is 10.3 Å². The van der Waals surface area contributed by atoms with Crippen molar-refractivity contribution in [2.24, 2.45) is 56.3 Å². The van der Waals surface area contributed by atoms with Gasteiger partial charge in [-0.1, -0.05) is 130 Å². The number of carbonyl (C=O) groups is 3. The van der Waals surface area contributed by atoms with Gasteiger partial charge in [-0.15, -0.1) is 0 Å². The van der Waals surface area contributed by atoms with Crippen molar-refractivity contribution in [3.8, 4) is 0 Å². The fourth-order valence-electron chi connectivity index (χ4n) is 8.58. The standard InChI is InChI=1S/C46H77N5O4/c1-16-20-22-30(18-3)41(52)50-40-37(43(54)55-39-32(45(10,11)12)24-29(9)25-33(39)46(13,14)15)36(27(5)6)34(47-40)26-35-38(28(7)8)49-44(48-35)51-42(53)31(19-4)23-21-17-2/h26-33,39,47H,16-25H2,1-15H3,(H,50,52)(H,48,51,53). The van der Waals surface area contributed by atoms with E-state index in [9.17, 15) is 14.4 Å². The van der Waals surface area contributed by atoms with Crippen LogP contribution in [0.3, 0.4) is 0 Å². The molecular weight excluding hydrogens is 687 g/mol. The third-order valence-electron chi connectivity index (χ3n) is 12.0. The number of amides is 2. The molecule has 0 bridgehead atoms. The first kappa shape index (κ1) is 46.2. The van der Waals surface area contributed by atoms with E-state index in [0.29, 0.717) is 35.1 Å². The van der Waals surface area contributed by atoms with E-state index in [0.717, 1.165) is 69.1 Å². The van der Waals surface area contributed by atoms with Crippen LogP contribution < -0.4 is 10.6 Å². The summed E-state index contributed by atoms with van der Waals surface area (Å²) in [5.41, 5.74) is 3.03. The highest BCUT2D eigenvalue weighted by Crippen LogP contribution is 2.50. The fourth-order valence-corrected chi connectivity index (χ4v) is 8.58. The van der Waals surface area contributed by atoms with Gasteiger partial charge in [0.05, 0.1) is 11.4 Å². The topological polar surface area (TPSA) is 125 Å². The number of aliphatic imine (C=N–C) groups is 2. The second kappa shape index (κ2) is 19.8. The highest BCUT2D eigenvalue weighted by Gasteiger charge is 2.48. The maximum absolute atomic E-state index is 14.9. The van der Waals surface area contributed by atoms with Crippen molar-refractivity contribution in [2.75, 3.05) is 5.32 Å². The molecule has 0 radical (unpaired) electrons. The highest BCUT2D eigenvalue weighted by atomic mass is 16.5. The zero-order valence-corrected chi connectivity index (χ0v) is 37.3. The lowest BCUT2D eigenvalue weighted by molar-refractivity contribution is -0.124. The van der Waals surface area contributed by atoms with Gasteiger partial charge >= 0.3 is 5.97 Å². The zero-order chi connectivity index (χ0) is 41.4. The molecule has 55 heavy (non-hydrogen) atoms. The normalized spacial score (nSPS) is 22.5. The third kappa shape index (κ3) is 11.9. The van der Waals surface area contributed by atoms with E-state index in [1.54, 1.807) is 0 Å². The number of hydrogen-bond donors (Lipinski definition) is 3. The van der Waals surface area contributed by atoms with Crippen LogP contribution in [0.5, 0.6) is 0 Å². The van der Waals surface area contributed by atoms with Crippen molar-refractivity contribution >= 4 is 41.3 Å². The molecule has 3 rings (SSSR count). The maximum Gasteiger partial charge on any atom is 0.342 e. The average molecular weight is 764 g/mol. The molecule has 1 saturated carbocycles. The number of allylic oxidation sites excluding steroid dienone is 1. The van der Waals surface area contributed by atoms with E-state index >= 15 is 0 Å². The molecule has 9 nitrogen and oxygen atoms in total.